The number of methoxy groups -OCH3 is 1. The maximum absolute atomic E-state index is 5.37. The van der Waals surface area contributed by atoms with Crippen molar-refractivity contribution < 1.29 is 4.74 Å². The lowest BCUT2D eigenvalue weighted by Crippen LogP contribution is -2.35. The lowest BCUT2D eigenvalue weighted by molar-refractivity contribution is 0.0623. The van der Waals surface area contributed by atoms with Crippen molar-refractivity contribution >= 4 is 0 Å². The van der Waals surface area contributed by atoms with Crippen LogP contribution in [0.1, 0.15) is 38.4 Å². The minimum atomic E-state index is 0.465. The average molecular weight is 238 g/mol. The molecule has 17 heavy (non-hydrogen) atoms. The van der Waals surface area contributed by atoms with Gasteiger partial charge in [0.25, 0.3) is 0 Å². The van der Waals surface area contributed by atoms with E-state index in [9.17, 15) is 0 Å². The summed E-state index contributed by atoms with van der Waals surface area (Å²) < 4.78 is 7.45. The first-order chi connectivity index (χ1) is 8.33. The van der Waals surface area contributed by atoms with E-state index in [0.717, 1.165) is 31.8 Å². The summed E-state index contributed by atoms with van der Waals surface area (Å²) in [5.74, 6) is 1.03. The van der Waals surface area contributed by atoms with Crippen LogP contribution in [-0.2, 0) is 17.8 Å². The van der Waals surface area contributed by atoms with Crippen molar-refractivity contribution in [3.8, 4) is 0 Å². The van der Waals surface area contributed by atoms with Gasteiger partial charge in [-0.05, 0) is 32.6 Å². The quantitative estimate of drug-likeness (QED) is 0.841. The first-order valence-electron chi connectivity index (χ1n) is 6.46. The van der Waals surface area contributed by atoms with Gasteiger partial charge in [-0.15, -0.1) is 10.2 Å². The smallest absolute Gasteiger partial charge is 0.146 e. The summed E-state index contributed by atoms with van der Waals surface area (Å²) in [5, 5.41) is 11.6. The Kier molecular flexibility index (Phi) is 4.50. The molecule has 0 saturated heterocycles. The zero-order valence-corrected chi connectivity index (χ0v) is 10.7. The van der Waals surface area contributed by atoms with Crippen LogP contribution in [0, 0.1) is 0 Å². The predicted molar refractivity (Wildman–Crippen MR) is 65.6 cm³/mol. The van der Waals surface area contributed by atoms with Gasteiger partial charge in [-0.2, -0.15) is 0 Å². The molecule has 1 N–H and O–H groups in total. The standard InChI is InChI=1S/C12H22N4O/c1-3-16-9-14-15-12(16)8-13-10-4-6-11(17-2)7-5-10/h9-11,13H,3-8H2,1-2H3. The van der Waals surface area contributed by atoms with Crippen LogP contribution in [0.4, 0.5) is 0 Å². The van der Waals surface area contributed by atoms with Gasteiger partial charge < -0.3 is 14.6 Å². The van der Waals surface area contributed by atoms with Crippen molar-refractivity contribution in [3.05, 3.63) is 12.2 Å². The Bertz CT molecular complexity index is 331. The van der Waals surface area contributed by atoms with Crippen LogP contribution in [0.25, 0.3) is 0 Å². The van der Waals surface area contributed by atoms with Crippen LogP contribution in [0.5, 0.6) is 0 Å². The fraction of sp³-hybridized carbons (Fsp3) is 0.833. The minimum Gasteiger partial charge on any atom is -0.381 e. The monoisotopic (exact) mass is 238 g/mol. The second kappa shape index (κ2) is 6.12. The van der Waals surface area contributed by atoms with E-state index >= 15 is 0 Å². The Morgan fingerprint density at radius 2 is 2.18 bits per heavy atom. The number of nitrogens with one attached hydrogen (secondary N) is 1. The van der Waals surface area contributed by atoms with Crippen LogP contribution in [0.3, 0.4) is 0 Å². The molecule has 0 spiro atoms. The average Bonchev–Trinajstić information content (AvgIpc) is 2.84. The highest BCUT2D eigenvalue weighted by atomic mass is 16.5. The molecule has 96 valence electrons. The summed E-state index contributed by atoms with van der Waals surface area (Å²) in [6.45, 7) is 3.85. The van der Waals surface area contributed by atoms with Crippen molar-refractivity contribution in [2.45, 2.75) is 57.8 Å². The zero-order valence-electron chi connectivity index (χ0n) is 10.7. The molecule has 0 aromatic carbocycles. The van der Waals surface area contributed by atoms with Gasteiger partial charge in [-0.25, -0.2) is 0 Å². The third kappa shape index (κ3) is 3.26. The maximum atomic E-state index is 5.37. The van der Waals surface area contributed by atoms with Crippen molar-refractivity contribution in [2.75, 3.05) is 7.11 Å². The van der Waals surface area contributed by atoms with Crippen LogP contribution in [0.15, 0.2) is 6.33 Å². The van der Waals surface area contributed by atoms with E-state index in [1.54, 1.807) is 6.33 Å². The van der Waals surface area contributed by atoms with E-state index in [-0.39, 0.29) is 0 Å². The van der Waals surface area contributed by atoms with E-state index < -0.39 is 0 Å². The lowest BCUT2D eigenvalue weighted by atomic mass is 9.93. The summed E-state index contributed by atoms with van der Waals surface area (Å²) >= 11 is 0. The van der Waals surface area contributed by atoms with Gasteiger partial charge in [0.15, 0.2) is 0 Å². The van der Waals surface area contributed by atoms with Gasteiger partial charge in [0.1, 0.15) is 12.2 Å². The molecule has 0 amide bonds. The molecule has 2 rings (SSSR count). The topological polar surface area (TPSA) is 52.0 Å². The van der Waals surface area contributed by atoms with Crippen molar-refractivity contribution in [1.82, 2.24) is 20.1 Å². The molecule has 1 aliphatic rings. The van der Waals surface area contributed by atoms with Gasteiger partial charge in [0, 0.05) is 19.7 Å². The number of nitrogens with zero attached hydrogens (tertiary/aromatic N) is 3. The number of hydrogen-bond donors (Lipinski definition) is 1. The van der Waals surface area contributed by atoms with E-state index in [4.69, 9.17) is 4.74 Å². The third-order valence-electron chi connectivity index (χ3n) is 3.59. The highest BCUT2D eigenvalue weighted by molar-refractivity contribution is 4.87. The largest absolute Gasteiger partial charge is 0.381 e. The predicted octanol–water partition coefficient (Wildman–Crippen LogP) is 1.35. The van der Waals surface area contributed by atoms with Crippen LogP contribution < -0.4 is 5.32 Å². The molecule has 5 heteroatoms. The molecule has 1 saturated carbocycles. The molecule has 1 heterocycles. The van der Waals surface area contributed by atoms with Crippen molar-refractivity contribution in [1.29, 1.82) is 0 Å². The number of rotatable bonds is 5. The molecule has 1 aliphatic carbocycles. The Balaban J connectivity index is 1.76. The molecule has 1 fully saturated rings. The van der Waals surface area contributed by atoms with Gasteiger partial charge in [0.2, 0.25) is 0 Å². The number of aromatic nitrogens is 3. The Morgan fingerprint density at radius 3 is 2.82 bits per heavy atom. The van der Waals surface area contributed by atoms with Gasteiger partial charge >= 0.3 is 0 Å². The molecule has 0 atom stereocenters. The van der Waals surface area contributed by atoms with E-state index in [2.05, 4.69) is 27.0 Å². The highest BCUT2D eigenvalue weighted by Gasteiger charge is 2.20. The molecule has 5 nitrogen and oxygen atoms in total. The molecule has 1 aromatic rings. The van der Waals surface area contributed by atoms with Crippen LogP contribution >= 0.6 is 0 Å². The summed E-state index contributed by atoms with van der Waals surface area (Å²) in [5.41, 5.74) is 0. The maximum Gasteiger partial charge on any atom is 0.146 e. The molecule has 0 radical (unpaired) electrons. The summed E-state index contributed by atoms with van der Waals surface area (Å²) in [6.07, 6.45) is 6.96. The highest BCUT2D eigenvalue weighted by Crippen LogP contribution is 2.20. The van der Waals surface area contributed by atoms with Crippen LogP contribution in [0.2, 0.25) is 0 Å². The van der Waals surface area contributed by atoms with Crippen LogP contribution in [-0.4, -0.2) is 34.0 Å². The minimum absolute atomic E-state index is 0.465. The zero-order chi connectivity index (χ0) is 12.1. The van der Waals surface area contributed by atoms with Crippen molar-refractivity contribution in [3.63, 3.8) is 0 Å². The SMILES string of the molecule is CCn1cnnc1CNC1CCC(OC)CC1. The fourth-order valence-electron chi connectivity index (χ4n) is 2.42. The Hall–Kier alpha value is -0.940. The molecule has 0 aliphatic heterocycles. The molecular formula is C12H22N4O. The molecule has 0 unspecified atom stereocenters. The summed E-state index contributed by atoms with van der Waals surface area (Å²) in [4.78, 5) is 0. The number of hydrogen-bond acceptors (Lipinski definition) is 4. The van der Waals surface area contributed by atoms with E-state index in [0.29, 0.717) is 12.1 Å². The molecule has 1 aromatic heterocycles. The number of aryl methyl sites for hydroxylation is 1. The second-order valence-electron chi connectivity index (χ2n) is 4.62. The van der Waals surface area contributed by atoms with Crippen molar-refractivity contribution in [2.24, 2.45) is 0 Å². The number of ether oxygens (including phenoxy) is 1. The fourth-order valence-corrected chi connectivity index (χ4v) is 2.42. The Labute approximate surface area is 103 Å². The molecule has 0 bridgehead atoms. The van der Waals surface area contributed by atoms with E-state index in [1.165, 1.54) is 12.8 Å². The summed E-state index contributed by atoms with van der Waals surface area (Å²) in [6, 6.07) is 0.600. The normalized spacial score (nSPS) is 25.1. The van der Waals surface area contributed by atoms with Gasteiger partial charge in [0.05, 0.1) is 12.6 Å². The third-order valence-corrected chi connectivity index (χ3v) is 3.59. The summed E-state index contributed by atoms with van der Waals surface area (Å²) in [7, 11) is 1.81. The second-order valence-corrected chi connectivity index (χ2v) is 4.62. The van der Waals surface area contributed by atoms with E-state index in [1.807, 2.05) is 7.11 Å². The first kappa shape index (κ1) is 12.5. The lowest BCUT2D eigenvalue weighted by Gasteiger charge is -2.28. The van der Waals surface area contributed by atoms with Gasteiger partial charge in [-0.3, -0.25) is 0 Å². The van der Waals surface area contributed by atoms with Gasteiger partial charge in [-0.1, -0.05) is 0 Å². The first-order valence-corrected chi connectivity index (χ1v) is 6.46. The Morgan fingerprint density at radius 1 is 1.41 bits per heavy atom. The molecular weight excluding hydrogens is 216 g/mol.